The Balaban J connectivity index is 1.82. The topological polar surface area (TPSA) is 38.7 Å². The van der Waals surface area contributed by atoms with Gasteiger partial charge in [-0.15, -0.1) is 0 Å². The summed E-state index contributed by atoms with van der Waals surface area (Å²) in [5, 5.41) is 0.634. The van der Waals surface area contributed by atoms with E-state index in [-0.39, 0.29) is 11.6 Å². The zero-order valence-electron chi connectivity index (χ0n) is 11.4. The van der Waals surface area contributed by atoms with Crippen LogP contribution in [-0.2, 0) is 16.0 Å². The lowest BCUT2D eigenvalue weighted by Crippen LogP contribution is -2.06. The molecule has 0 fully saturated rings. The fourth-order valence-corrected chi connectivity index (χ4v) is 2.17. The van der Waals surface area contributed by atoms with E-state index in [0.29, 0.717) is 17.0 Å². The van der Waals surface area contributed by atoms with Gasteiger partial charge in [0.25, 0.3) is 0 Å². The lowest BCUT2D eigenvalue weighted by molar-refractivity contribution is -0.130. The van der Waals surface area contributed by atoms with E-state index in [9.17, 15) is 9.18 Å². The number of ether oxygens (including phenoxy) is 1. The van der Waals surface area contributed by atoms with Crippen molar-refractivity contribution in [1.29, 1.82) is 0 Å². The number of hydrogen-bond acceptors (Lipinski definition) is 3. The number of rotatable bonds is 3. The minimum Gasteiger partial charge on any atom is -0.406 e. The number of nitrogens with zero attached hydrogens (tertiary/aromatic N) is 1. The molecule has 1 heterocycles. The van der Waals surface area contributed by atoms with Crippen LogP contribution in [0.5, 0.6) is 0 Å². The molecular formula is C17H11ClFNO2. The Morgan fingerprint density at radius 3 is 2.59 bits per heavy atom. The van der Waals surface area contributed by atoms with E-state index in [0.717, 1.165) is 5.56 Å². The van der Waals surface area contributed by atoms with Crippen LogP contribution in [0.4, 0.5) is 4.39 Å². The van der Waals surface area contributed by atoms with Crippen molar-refractivity contribution in [2.75, 3.05) is 0 Å². The second kappa shape index (κ2) is 6.12. The van der Waals surface area contributed by atoms with Gasteiger partial charge in [-0.25, -0.2) is 14.2 Å². The highest BCUT2D eigenvalue weighted by atomic mass is 35.5. The minimum atomic E-state index is -0.577. The molecule has 0 N–H and O–H groups in total. The first kappa shape index (κ1) is 14.5. The third-order valence-corrected chi connectivity index (χ3v) is 3.38. The number of hydrogen-bond donors (Lipinski definition) is 0. The van der Waals surface area contributed by atoms with Crippen molar-refractivity contribution in [1.82, 2.24) is 0 Å². The Labute approximate surface area is 131 Å². The van der Waals surface area contributed by atoms with Gasteiger partial charge in [-0.2, -0.15) is 0 Å². The second-order valence-electron chi connectivity index (χ2n) is 4.75. The number of cyclic esters (lactones) is 1. The van der Waals surface area contributed by atoms with Gasteiger partial charge in [0, 0.05) is 17.0 Å². The summed E-state index contributed by atoms with van der Waals surface area (Å²) in [5.41, 5.74) is 1.31. The molecule has 0 aromatic heterocycles. The van der Waals surface area contributed by atoms with Crippen molar-refractivity contribution in [3.8, 4) is 0 Å². The summed E-state index contributed by atoms with van der Waals surface area (Å²) in [6, 6.07) is 13.3. The molecule has 3 rings (SSSR count). The van der Waals surface area contributed by atoms with Gasteiger partial charge in [0.2, 0.25) is 5.90 Å². The number of esters is 1. The van der Waals surface area contributed by atoms with Crippen LogP contribution in [0.1, 0.15) is 11.1 Å². The van der Waals surface area contributed by atoms with Crippen LogP contribution in [0.2, 0.25) is 5.02 Å². The number of aliphatic imine (C=N–C) groups is 1. The van der Waals surface area contributed by atoms with Gasteiger partial charge in [-0.3, -0.25) is 0 Å². The van der Waals surface area contributed by atoms with Gasteiger partial charge in [0.15, 0.2) is 5.70 Å². The second-order valence-corrected chi connectivity index (χ2v) is 5.19. The van der Waals surface area contributed by atoms with Crippen LogP contribution in [0.15, 0.2) is 59.2 Å². The molecule has 0 spiro atoms. The Bertz CT molecular complexity index is 782. The predicted molar refractivity (Wildman–Crippen MR) is 83.1 cm³/mol. The molecule has 0 aliphatic carbocycles. The average molecular weight is 316 g/mol. The maximum atomic E-state index is 13.6. The summed E-state index contributed by atoms with van der Waals surface area (Å²) >= 11 is 5.82. The Kier molecular flexibility index (Phi) is 4.02. The van der Waals surface area contributed by atoms with Crippen LogP contribution >= 0.6 is 11.6 Å². The first-order valence-electron chi connectivity index (χ1n) is 6.62. The molecule has 2 aromatic carbocycles. The van der Waals surface area contributed by atoms with Crippen molar-refractivity contribution in [3.63, 3.8) is 0 Å². The largest absolute Gasteiger partial charge is 0.406 e. The first-order chi connectivity index (χ1) is 10.6. The molecule has 0 bridgehead atoms. The lowest BCUT2D eigenvalue weighted by atomic mass is 10.1. The van der Waals surface area contributed by atoms with E-state index in [1.165, 1.54) is 12.1 Å². The van der Waals surface area contributed by atoms with Crippen molar-refractivity contribution < 1.29 is 13.9 Å². The summed E-state index contributed by atoms with van der Waals surface area (Å²) in [4.78, 5) is 15.9. The molecule has 0 saturated heterocycles. The third-order valence-electron chi connectivity index (χ3n) is 3.13. The van der Waals surface area contributed by atoms with Crippen LogP contribution < -0.4 is 0 Å². The van der Waals surface area contributed by atoms with Crippen LogP contribution in [-0.4, -0.2) is 11.9 Å². The molecule has 0 unspecified atom stereocenters. The SMILES string of the molecule is O=C1OC(Cc2ccc(Cl)cc2)=N/C1=C\c1ccccc1F. The summed E-state index contributed by atoms with van der Waals surface area (Å²) < 4.78 is 18.7. The van der Waals surface area contributed by atoms with E-state index in [1.54, 1.807) is 30.3 Å². The van der Waals surface area contributed by atoms with Crippen molar-refractivity contribution in [2.45, 2.75) is 6.42 Å². The molecule has 1 aliphatic heterocycles. The molecule has 110 valence electrons. The maximum absolute atomic E-state index is 13.6. The molecule has 0 radical (unpaired) electrons. The monoisotopic (exact) mass is 315 g/mol. The molecule has 5 heteroatoms. The third kappa shape index (κ3) is 3.23. The summed E-state index contributed by atoms with van der Waals surface area (Å²) in [7, 11) is 0. The van der Waals surface area contributed by atoms with Gasteiger partial charge >= 0.3 is 5.97 Å². The normalized spacial score (nSPS) is 15.8. The Morgan fingerprint density at radius 1 is 1.14 bits per heavy atom. The van der Waals surface area contributed by atoms with E-state index in [2.05, 4.69) is 4.99 Å². The van der Waals surface area contributed by atoms with Crippen molar-refractivity contribution >= 4 is 29.5 Å². The zero-order chi connectivity index (χ0) is 15.5. The summed E-state index contributed by atoms with van der Waals surface area (Å²) in [5.74, 6) is -0.703. The average Bonchev–Trinajstić information content (AvgIpc) is 2.84. The molecule has 3 nitrogen and oxygen atoms in total. The quantitative estimate of drug-likeness (QED) is 0.634. The zero-order valence-corrected chi connectivity index (χ0v) is 12.2. The standard InChI is InChI=1S/C17H11ClFNO2/c18-13-7-5-11(6-8-13)9-16-20-15(17(21)22-16)10-12-3-1-2-4-14(12)19/h1-8,10H,9H2/b15-10-. The predicted octanol–water partition coefficient (Wildman–Crippen LogP) is 4.02. The van der Waals surface area contributed by atoms with Gasteiger partial charge in [-0.1, -0.05) is 41.9 Å². The molecule has 0 atom stereocenters. The summed E-state index contributed by atoms with van der Waals surface area (Å²) in [6.45, 7) is 0. The molecule has 1 aliphatic rings. The highest BCUT2D eigenvalue weighted by molar-refractivity contribution is 6.30. The number of carbonyl (C=O) groups excluding carboxylic acids is 1. The van der Waals surface area contributed by atoms with Gasteiger partial charge in [0.1, 0.15) is 5.82 Å². The molecule has 22 heavy (non-hydrogen) atoms. The van der Waals surface area contributed by atoms with Crippen LogP contribution in [0, 0.1) is 5.82 Å². The summed E-state index contributed by atoms with van der Waals surface area (Å²) in [6.07, 6.45) is 1.75. The minimum absolute atomic E-state index is 0.0917. The fourth-order valence-electron chi connectivity index (χ4n) is 2.05. The number of carbonyl (C=O) groups is 1. The number of halogens is 2. The van der Waals surface area contributed by atoms with Crippen LogP contribution in [0.3, 0.4) is 0 Å². The lowest BCUT2D eigenvalue weighted by Gasteiger charge is -2.00. The van der Waals surface area contributed by atoms with Crippen molar-refractivity contribution in [2.24, 2.45) is 4.99 Å². The fraction of sp³-hybridized carbons (Fsp3) is 0.0588. The van der Waals surface area contributed by atoms with Crippen LogP contribution in [0.25, 0.3) is 6.08 Å². The number of benzene rings is 2. The first-order valence-corrected chi connectivity index (χ1v) is 7.00. The highest BCUT2D eigenvalue weighted by Gasteiger charge is 2.23. The Morgan fingerprint density at radius 2 is 1.86 bits per heavy atom. The molecule has 0 saturated carbocycles. The van der Waals surface area contributed by atoms with Gasteiger partial charge in [0.05, 0.1) is 0 Å². The highest BCUT2D eigenvalue weighted by Crippen LogP contribution is 2.19. The van der Waals surface area contributed by atoms with Gasteiger partial charge in [-0.05, 0) is 29.8 Å². The van der Waals surface area contributed by atoms with E-state index in [4.69, 9.17) is 16.3 Å². The van der Waals surface area contributed by atoms with E-state index >= 15 is 0 Å². The van der Waals surface area contributed by atoms with Crippen molar-refractivity contribution in [3.05, 3.63) is 76.2 Å². The van der Waals surface area contributed by atoms with E-state index in [1.807, 2.05) is 12.1 Å². The molecular weight excluding hydrogens is 305 g/mol. The molecule has 2 aromatic rings. The van der Waals surface area contributed by atoms with Gasteiger partial charge < -0.3 is 4.74 Å². The Hall–Kier alpha value is -2.46. The maximum Gasteiger partial charge on any atom is 0.363 e. The molecule has 0 amide bonds. The van der Waals surface area contributed by atoms with E-state index < -0.39 is 11.8 Å². The smallest absolute Gasteiger partial charge is 0.363 e.